The van der Waals surface area contributed by atoms with Crippen molar-refractivity contribution in [3.63, 3.8) is 0 Å². The molecule has 1 aromatic carbocycles. The van der Waals surface area contributed by atoms with E-state index in [9.17, 15) is 9.59 Å². The number of fused-ring (bicyclic) bond motifs is 1. The standard InChI is InChI=1S/C20H21N3O3/c24-19(13-4-1-2-5-13)22-15-7-8-17-14(10-15)11-18(23-17)20(25)21-12-16-6-3-9-26-16/h3,6-11,13,23H,1-2,4-5,12H2,(H,21,25)(H,22,24). The third-order valence-corrected chi connectivity index (χ3v) is 4.86. The van der Waals surface area contributed by atoms with Crippen LogP contribution in [0.25, 0.3) is 10.9 Å². The number of amides is 2. The van der Waals surface area contributed by atoms with Gasteiger partial charge < -0.3 is 20.0 Å². The van der Waals surface area contributed by atoms with E-state index in [0.29, 0.717) is 18.0 Å². The molecule has 3 N–H and O–H groups in total. The summed E-state index contributed by atoms with van der Waals surface area (Å²) < 4.78 is 5.21. The molecule has 0 bridgehead atoms. The van der Waals surface area contributed by atoms with Crippen LogP contribution in [0.1, 0.15) is 41.9 Å². The van der Waals surface area contributed by atoms with Crippen LogP contribution in [0.3, 0.4) is 0 Å². The van der Waals surface area contributed by atoms with Crippen molar-refractivity contribution in [3.05, 3.63) is 54.1 Å². The van der Waals surface area contributed by atoms with Gasteiger partial charge in [0.15, 0.2) is 0 Å². The summed E-state index contributed by atoms with van der Waals surface area (Å²) in [6, 6.07) is 11.0. The van der Waals surface area contributed by atoms with Crippen molar-refractivity contribution in [2.45, 2.75) is 32.2 Å². The van der Waals surface area contributed by atoms with Gasteiger partial charge in [-0.05, 0) is 49.2 Å². The molecule has 3 aromatic rings. The normalized spacial score (nSPS) is 14.6. The average molecular weight is 351 g/mol. The van der Waals surface area contributed by atoms with Crippen molar-refractivity contribution in [2.75, 3.05) is 5.32 Å². The second kappa shape index (κ2) is 7.07. The second-order valence-corrected chi connectivity index (χ2v) is 6.72. The Kier molecular flexibility index (Phi) is 4.48. The number of hydrogen-bond acceptors (Lipinski definition) is 3. The van der Waals surface area contributed by atoms with Gasteiger partial charge in [0.05, 0.1) is 12.8 Å². The quantitative estimate of drug-likeness (QED) is 0.653. The number of carbonyl (C=O) groups is 2. The van der Waals surface area contributed by atoms with Crippen molar-refractivity contribution in [3.8, 4) is 0 Å². The lowest BCUT2D eigenvalue weighted by atomic mass is 10.1. The minimum Gasteiger partial charge on any atom is -0.467 e. The van der Waals surface area contributed by atoms with E-state index in [1.807, 2.05) is 24.3 Å². The molecule has 1 aliphatic carbocycles. The first kappa shape index (κ1) is 16.4. The molecular formula is C20H21N3O3. The van der Waals surface area contributed by atoms with Crippen molar-refractivity contribution in [1.29, 1.82) is 0 Å². The average Bonchev–Trinajstić information content (AvgIpc) is 3.40. The molecule has 1 aliphatic rings. The van der Waals surface area contributed by atoms with Crippen molar-refractivity contribution in [1.82, 2.24) is 10.3 Å². The fraction of sp³-hybridized carbons (Fsp3) is 0.300. The minimum absolute atomic E-state index is 0.0915. The van der Waals surface area contributed by atoms with Crippen molar-refractivity contribution >= 4 is 28.4 Å². The van der Waals surface area contributed by atoms with Gasteiger partial charge in [0.1, 0.15) is 11.5 Å². The molecule has 0 atom stereocenters. The fourth-order valence-corrected chi connectivity index (χ4v) is 3.44. The second-order valence-electron chi connectivity index (χ2n) is 6.72. The molecule has 0 spiro atoms. The van der Waals surface area contributed by atoms with E-state index in [-0.39, 0.29) is 17.7 Å². The minimum atomic E-state index is -0.200. The molecule has 0 unspecified atom stereocenters. The van der Waals surface area contributed by atoms with Gasteiger partial charge >= 0.3 is 0 Å². The number of nitrogens with one attached hydrogen (secondary N) is 3. The van der Waals surface area contributed by atoms with Crippen molar-refractivity contribution < 1.29 is 14.0 Å². The first-order chi connectivity index (χ1) is 12.7. The topological polar surface area (TPSA) is 87.1 Å². The maximum Gasteiger partial charge on any atom is 0.268 e. The third kappa shape index (κ3) is 3.49. The van der Waals surface area contributed by atoms with E-state index in [4.69, 9.17) is 4.42 Å². The fourth-order valence-electron chi connectivity index (χ4n) is 3.44. The van der Waals surface area contributed by atoms with Crippen LogP contribution in [0, 0.1) is 5.92 Å². The number of aromatic amines is 1. The summed E-state index contributed by atoms with van der Waals surface area (Å²) in [4.78, 5) is 27.7. The zero-order valence-electron chi connectivity index (χ0n) is 14.4. The molecular weight excluding hydrogens is 330 g/mol. The van der Waals surface area contributed by atoms with Gasteiger partial charge in [-0.3, -0.25) is 9.59 Å². The van der Waals surface area contributed by atoms with Crippen LogP contribution in [0.15, 0.2) is 47.1 Å². The van der Waals surface area contributed by atoms with Gasteiger partial charge in [0.25, 0.3) is 5.91 Å². The number of benzene rings is 1. The van der Waals surface area contributed by atoms with Crippen LogP contribution >= 0.6 is 0 Å². The monoisotopic (exact) mass is 351 g/mol. The molecule has 0 radical (unpaired) electrons. The Bertz CT molecular complexity index is 921. The molecule has 2 aromatic heterocycles. The van der Waals surface area contributed by atoms with Gasteiger partial charge in [-0.2, -0.15) is 0 Å². The highest BCUT2D eigenvalue weighted by Gasteiger charge is 2.22. The molecule has 134 valence electrons. The molecule has 2 heterocycles. The molecule has 2 amide bonds. The Morgan fingerprint density at radius 3 is 2.77 bits per heavy atom. The van der Waals surface area contributed by atoms with E-state index in [1.165, 1.54) is 0 Å². The summed E-state index contributed by atoms with van der Waals surface area (Å²) in [6.45, 7) is 0.337. The lowest BCUT2D eigenvalue weighted by molar-refractivity contribution is -0.119. The lowest BCUT2D eigenvalue weighted by Crippen LogP contribution is -2.22. The Hall–Kier alpha value is -3.02. The van der Waals surface area contributed by atoms with E-state index in [2.05, 4.69) is 15.6 Å². The Morgan fingerprint density at radius 1 is 1.15 bits per heavy atom. The molecule has 4 rings (SSSR count). The predicted octanol–water partition coefficient (Wildman–Crippen LogP) is 3.82. The Morgan fingerprint density at radius 2 is 2.00 bits per heavy atom. The van der Waals surface area contributed by atoms with Crippen LogP contribution in [-0.2, 0) is 11.3 Å². The highest BCUT2D eigenvalue weighted by Crippen LogP contribution is 2.27. The molecule has 6 heteroatoms. The first-order valence-electron chi connectivity index (χ1n) is 8.93. The number of anilines is 1. The highest BCUT2D eigenvalue weighted by molar-refractivity contribution is 6.00. The van der Waals surface area contributed by atoms with E-state index < -0.39 is 0 Å². The Balaban J connectivity index is 1.44. The Labute approximate surface area is 151 Å². The summed E-state index contributed by atoms with van der Waals surface area (Å²) in [5.74, 6) is 0.717. The number of rotatable bonds is 5. The largest absolute Gasteiger partial charge is 0.467 e. The molecule has 1 fully saturated rings. The van der Waals surface area contributed by atoms with Gasteiger partial charge in [0.2, 0.25) is 5.91 Å². The molecule has 1 saturated carbocycles. The van der Waals surface area contributed by atoms with Gasteiger partial charge in [-0.25, -0.2) is 0 Å². The van der Waals surface area contributed by atoms with Crippen LogP contribution in [-0.4, -0.2) is 16.8 Å². The lowest BCUT2D eigenvalue weighted by Gasteiger charge is -2.10. The van der Waals surface area contributed by atoms with E-state index >= 15 is 0 Å². The number of H-pyrrole nitrogens is 1. The predicted molar refractivity (Wildman–Crippen MR) is 98.8 cm³/mol. The summed E-state index contributed by atoms with van der Waals surface area (Å²) in [5, 5.41) is 6.69. The highest BCUT2D eigenvalue weighted by atomic mass is 16.3. The van der Waals surface area contributed by atoms with Gasteiger partial charge in [0, 0.05) is 22.5 Å². The van der Waals surface area contributed by atoms with E-state index in [0.717, 1.165) is 42.3 Å². The van der Waals surface area contributed by atoms with Gasteiger partial charge in [-0.1, -0.05) is 12.8 Å². The van der Waals surface area contributed by atoms with Crippen LogP contribution in [0.2, 0.25) is 0 Å². The number of hydrogen-bond donors (Lipinski definition) is 3. The SMILES string of the molecule is O=C(NCc1ccco1)c1cc2cc(NC(=O)C3CCCC3)ccc2[nH]1. The maximum absolute atomic E-state index is 12.3. The zero-order valence-corrected chi connectivity index (χ0v) is 14.4. The third-order valence-electron chi connectivity index (χ3n) is 4.86. The smallest absolute Gasteiger partial charge is 0.268 e. The summed E-state index contributed by atoms with van der Waals surface area (Å²) >= 11 is 0. The van der Waals surface area contributed by atoms with Crippen LogP contribution in [0.5, 0.6) is 0 Å². The number of carbonyl (C=O) groups excluding carboxylic acids is 2. The van der Waals surface area contributed by atoms with Crippen molar-refractivity contribution in [2.24, 2.45) is 5.92 Å². The zero-order chi connectivity index (χ0) is 17.9. The van der Waals surface area contributed by atoms with Crippen LogP contribution < -0.4 is 10.6 Å². The first-order valence-corrected chi connectivity index (χ1v) is 8.93. The summed E-state index contributed by atoms with van der Waals surface area (Å²) in [5.41, 5.74) is 2.09. The number of furan rings is 1. The molecule has 0 saturated heterocycles. The molecule has 26 heavy (non-hydrogen) atoms. The molecule has 6 nitrogen and oxygen atoms in total. The number of aromatic nitrogens is 1. The summed E-state index contributed by atoms with van der Waals surface area (Å²) in [7, 11) is 0. The van der Waals surface area contributed by atoms with Gasteiger partial charge in [-0.15, -0.1) is 0 Å². The maximum atomic E-state index is 12.3. The summed E-state index contributed by atoms with van der Waals surface area (Å²) in [6.07, 6.45) is 5.78. The van der Waals surface area contributed by atoms with Crippen LogP contribution in [0.4, 0.5) is 5.69 Å². The van der Waals surface area contributed by atoms with E-state index in [1.54, 1.807) is 18.4 Å². The molecule has 0 aliphatic heterocycles.